The lowest BCUT2D eigenvalue weighted by Gasteiger charge is -2.30. The van der Waals surface area contributed by atoms with Crippen molar-refractivity contribution in [3.8, 4) is 0 Å². The molecule has 0 spiro atoms. The Hall–Kier alpha value is -1.26. The molecule has 0 aromatic rings. The first-order valence-electron chi connectivity index (χ1n) is 4.90. The van der Waals surface area contributed by atoms with E-state index in [2.05, 4.69) is 12.2 Å². The maximum atomic E-state index is 11.5. The van der Waals surface area contributed by atoms with Crippen molar-refractivity contribution in [1.29, 1.82) is 0 Å². The fourth-order valence-electron chi connectivity index (χ4n) is 1.53. The van der Waals surface area contributed by atoms with Gasteiger partial charge in [-0.2, -0.15) is 0 Å². The zero-order valence-electron chi connectivity index (χ0n) is 8.45. The molecule has 0 atom stereocenters. The molecular formula is C9H17N3O2. The Morgan fingerprint density at radius 3 is 2.50 bits per heavy atom. The topological polar surface area (TPSA) is 75.4 Å². The second kappa shape index (κ2) is 4.83. The molecule has 1 rings (SSSR count). The number of nitrogens with one attached hydrogen (secondary N) is 1. The Labute approximate surface area is 83.6 Å². The van der Waals surface area contributed by atoms with Gasteiger partial charge in [-0.15, -0.1) is 0 Å². The summed E-state index contributed by atoms with van der Waals surface area (Å²) in [6.45, 7) is 3.79. The molecule has 1 fully saturated rings. The monoisotopic (exact) mass is 199 g/mol. The van der Waals surface area contributed by atoms with E-state index in [4.69, 9.17) is 5.73 Å². The smallest absolute Gasteiger partial charge is 0.312 e. The van der Waals surface area contributed by atoms with Gasteiger partial charge in [0, 0.05) is 13.1 Å². The first kappa shape index (κ1) is 10.8. The highest BCUT2D eigenvalue weighted by Gasteiger charge is 2.19. The van der Waals surface area contributed by atoms with Gasteiger partial charge in [0.05, 0.1) is 6.54 Å². The number of carbonyl (C=O) groups excluding carboxylic acids is 2. The summed E-state index contributed by atoms with van der Waals surface area (Å²) < 4.78 is 0. The fraction of sp³-hybridized carbons (Fsp3) is 0.778. The summed E-state index contributed by atoms with van der Waals surface area (Å²) in [5.41, 5.74) is 4.87. The highest BCUT2D eigenvalue weighted by molar-refractivity contribution is 5.83. The number of hydrogen-bond donors (Lipinski definition) is 2. The van der Waals surface area contributed by atoms with E-state index in [0.717, 1.165) is 25.9 Å². The van der Waals surface area contributed by atoms with Crippen molar-refractivity contribution in [3.63, 3.8) is 0 Å². The summed E-state index contributed by atoms with van der Waals surface area (Å²) in [6.07, 6.45) is 2.09. The average molecular weight is 199 g/mol. The Balaban J connectivity index is 2.27. The molecule has 0 radical (unpaired) electrons. The summed E-state index contributed by atoms with van der Waals surface area (Å²) >= 11 is 0. The molecule has 0 bridgehead atoms. The van der Waals surface area contributed by atoms with Crippen LogP contribution in [-0.4, -0.2) is 36.5 Å². The highest BCUT2D eigenvalue weighted by atomic mass is 16.2. The molecule has 3 amide bonds. The number of nitrogens with two attached hydrogens (primary N) is 1. The van der Waals surface area contributed by atoms with E-state index in [9.17, 15) is 9.59 Å². The molecule has 0 aromatic heterocycles. The normalized spacial score (nSPS) is 17.9. The number of carbonyl (C=O) groups is 2. The minimum Gasteiger partial charge on any atom is -0.352 e. The van der Waals surface area contributed by atoms with Gasteiger partial charge < -0.3 is 16.0 Å². The van der Waals surface area contributed by atoms with Crippen LogP contribution in [0.2, 0.25) is 0 Å². The predicted octanol–water partition coefficient (Wildman–Crippen LogP) is -0.0868. The van der Waals surface area contributed by atoms with Crippen LogP contribution in [0.3, 0.4) is 0 Å². The lowest BCUT2D eigenvalue weighted by Crippen LogP contribution is -2.44. The van der Waals surface area contributed by atoms with Crippen molar-refractivity contribution >= 4 is 11.9 Å². The molecular weight excluding hydrogens is 182 g/mol. The Kier molecular flexibility index (Phi) is 3.73. The highest BCUT2D eigenvalue weighted by Crippen LogP contribution is 2.15. The quantitative estimate of drug-likeness (QED) is 0.652. The van der Waals surface area contributed by atoms with Gasteiger partial charge in [0.2, 0.25) is 5.91 Å². The molecule has 1 heterocycles. The molecule has 0 aromatic carbocycles. The predicted molar refractivity (Wildman–Crippen MR) is 52.6 cm³/mol. The summed E-state index contributed by atoms with van der Waals surface area (Å²) in [7, 11) is 0. The van der Waals surface area contributed by atoms with E-state index in [1.165, 1.54) is 0 Å². The van der Waals surface area contributed by atoms with Crippen LogP contribution < -0.4 is 11.1 Å². The first-order valence-corrected chi connectivity index (χ1v) is 4.90. The standard InChI is InChI=1S/C9H17N3O2/c1-7-2-4-12(5-3-7)8(13)6-11-9(10)14/h7H,2-6H2,1H3,(H3,10,11,14). The molecule has 5 heteroatoms. The van der Waals surface area contributed by atoms with Crippen molar-refractivity contribution in [2.24, 2.45) is 11.7 Å². The second-order valence-electron chi connectivity index (χ2n) is 3.78. The van der Waals surface area contributed by atoms with E-state index in [1.54, 1.807) is 4.90 Å². The van der Waals surface area contributed by atoms with E-state index in [1.807, 2.05) is 0 Å². The van der Waals surface area contributed by atoms with Crippen LogP contribution in [0.1, 0.15) is 19.8 Å². The van der Waals surface area contributed by atoms with Crippen molar-refractivity contribution in [3.05, 3.63) is 0 Å². The van der Waals surface area contributed by atoms with Crippen LogP contribution in [0.5, 0.6) is 0 Å². The maximum absolute atomic E-state index is 11.5. The number of hydrogen-bond acceptors (Lipinski definition) is 2. The van der Waals surface area contributed by atoms with Crippen LogP contribution in [0.25, 0.3) is 0 Å². The van der Waals surface area contributed by atoms with Crippen molar-refractivity contribution in [2.75, 3.05) is 19.6 Å². The minimum atomic E-state index is -0.649. The van der Waals surface area contributed by atoms with Crippen molar-refractivity contribution in [1.82, 2.24) is 10.2 Å². The zero-order valence-corrected chi connectivity index (χ0v) is 8.45. The number of rotatable bonds is 2. The number of amides is 3. The van der Waals surface area contributed by atoms with E-state index >= 15 is 0 Å². The van der Waals surface area contributed by atoms with Gasteiger partial charge in [-0.1, -0.05) is 6.92 Å². The van der Waals surface area contributed by atoms with Crippen molar-refractivity contribution < 1.29 is 9.59 Å². The van der Waals surface area contributed by atoms with Gasteiger partial charge in [0.15, 0.2) is 0 Å². The number of likely N-dealkylation sites (tertiary alicyclic amines) is 1. The van der Waals surface area contributed by atoms with Crippen molar-refractivity contribution in [2.45, 2.75) is 19.8 Å². The lowest BCUT2D eigenvalue weighted by molar-refractivity contribution is -0.131. The van der Waals surface area contributed by atoms with Gasteiger partial charge in [0.25, 0.3) is 0 Å². The van der Waals surface area contributed by atoms with Gasteiger partial charge >= 0.3 is 6.03 Å². The number of primary amides is 1. The Morgan fingerprint density at radius 2 is 2.00 bits per heavy atom. The largest absolute Gasteiger partial charge is 0.352 e. The number of nitrogens with zero attached hydrogens (tertiary/aromatic N) is 1. The van der Waals surface area contributed by atoms with Gasteiger partial charge in [-0.3, -0.25) is 4.79 Å². The van der Waals surface area contributed by atoms with Crippen LogP contribution >= 0.6 is 0 Å². The van der Waals surface area contributed by atoms with E-state index in [0.29, 0.717) is 5.92 Å². The van der Waals surface area contributed by atoms with Crippen LogP contribution in [0.4, 0.5) is 4.79 Å². The van der Waals surface area contributed by atoms with Crippen LogP contribution in [0, 0.1) is 5.92 Å². The van der Waals surface area contributed by atoms with Crippen LogP contribution in [0.15, 0.2) is 0 Å². The maximum Gasteiger partial charge on any atom is 0.312 e. The zero-order chi connectivity index (χ0) is 10.6. The third-order valence-electron chi connectivity index (χ3n) is 2.55. The first-order chi connectivity index (χ1) is 6.59. The number of urea groups is 1. The SMILES string of the molecule is CC1CCN(C(=O)CNC(N)=O)CC1. The van der Waals surface area contributed by atoms with E-state index in [-0.39, 0.29) is 12.5 Å². The molecule has 80 valence electrons. The Morgan fingerprint density at radius 1 is 1.43 bits per heavy atom. The molecule has 0 saturated carbocycles. The molecule has 14 heavy (non-hydrogen) atoms. The lowest BCUT2D eigenvalue weighted by atomic mass is 9.99. The van der Waals surface area contributed by atoms with Gasteiger partial charge in [0.1, 0.15) is 0 Å². The molecule has 0 aliphatic carbocycles. The second-order valence-corrected chi connectivity index (χ2v) is 3.78. The Bertz CT molecular complexity index is 222. The number of piperidine rings is 1. The van der Waals surface area contributed by atoms with Crippen LogP contribution in [-0.2, 0) is 4.79 Å². The molecule has 1 aliphatic rings. The average Bonchev–Trinajstić information content (AvgIpc) is 2.15. The third kappa shape index (κ3) is 3.24. The fourth-order valence-corrected chi connectivity index (χ4v) is 1.53. The van der Waals surface area contributed by atoms with Gasteiger partial charge in [-0.05, 0) is 18.8 Å². The molecule has 1 saturated heterocycles. The molecule has 5 nitrogen and oxygen atoms in total. The summed E-state index contributed by atoms with van der Waals surface area (Å²) in [6, 6.07) is -0.649. The van der Waals surface area contributed by atoms with Gasteiger partial charge in [-0.25, -0.2) is 4.79 Å². The van der Waals surface area contributed by atoms with E-state index < -0.39 is 6.03 Å². The minimum absolute atomic E-state index is 0.0176. The molecule has 0 unspecified atom stereocenters. The summed E-state index contributed by atoms with van der Waals surface area (Å²) in [5.74, 6) is 0.652. The summed E-state index contributed by atoms with van der Waals surface area (Å²) in [4.78, 5) is 23.6. The summed E-state index contributed by atoms with van der Waals surface area (Å²) in [5, 5.41) is 2.30. The third-order valence-corrected chi connectivity index (χ3v) is 2.55. The molecule has 3 N–H and O–H groups in total. The molecule has 1 aliphatic heterocycles.